The minimum Gasteiger partial charge on any atom is -0.497 e. The summed E-state index contributed by atoms with van der Waals surface area (Å²) >= 11 is 0. The summed E-state index contributed by atoms with van der Waals surface area (Å²) in [7, 11) is 3.67. The van der Waals surface area contributed by atoms with Crippen LogP contribution in [0.1, 0.15) is 18.9 Å². The molecule has 0 aliphatic carbocycles. The summed E-state index contributed by atoms with van der Waals surface area (Å²) in [5, 5.41) is 3.27. The van der Waals surface area contributed by atoms with E-state index in [-0.39, 0.29) is 0 Å². The first-order valence-corrected chi connectivity index (χ1v) is 5.63. The van der Waals surface area contributed by atoms with Crippen molar-refractivity contribution in [2.24, 2.45) is 0 Å². The first kappa shape index (κ1) is 12.8. The Hall–Kier alpha value is -1.28. The van der Waals surface area contributed by atoms with E-state index in [2.05, 4.69) is 31.0 Å². The highest BCUT2D eigenvalue weighted by atomic mass is 16.5. The van der Waals surface area contributed by atoms with Crippen molar-refractivity contribution in [3.8, 4) is 5.75 Å². The molecule has 2 nitrogen and oxygen atoms in total. The Bertz CT molecular complexity index is 329. The van der Waals surface area contributed by atoms with Crippen LogP contribution in [-0.2, 0) is 6.42 Å². The Morgan fingerprint density at radius 2 is 2.00 bits per heavy atom. The predicted octanol–water partition coefficient (Wildman–Crippen LogP) is 2.79. The predicted molar refractivity (Wildman–Crippen MR) is 69.0 cm³/mol. The van der Waals surface area contributed by atoms with E-state index in [1.807, 2.05) is 19.2 Å². The van der Waals surface area contributed by atoms with Gasteiger partial charge in [-0.15, -0.1) is 0 Å². The van der Waals surface area contributed by atoms with Crippen LogP contribution in [0.4, 0.5) is 0 Å². The van der Waals surface area contributed by atoms with E-state index in [4.69, 9.17) is 4.74 Å². The van der Waals surface area contributed by atoms with Crippen molar-refractivity contribution in [2.45, 2.75) is 25.8 Å². The highest BCUT2D eigenvalue weighted by Gasteiger charge is 2.06. The maximum Gasteiger partial charge on any atom is 0.118 e. The highest BCUT2D eigenvalue weighted by molar-refractivity contribution is 5.27. The van der Waals surface area contributed by atoms with E-state index in [0.29, 0.717) is 6.04 Å². The van der Waals surface area contributed by atoms with Crippen LogP contribution in [-0.4, -0.2) is 20.2 Å². The fourth-order valence-electron chi connectivity index (χ4n) is 1.74. The molecule has 1 aromatic rings. The molecular formula is C14H21NO. The fourth-order valence-corrected chi connectivity index (χ4v) is 1.74. The van der Waals surface area contributed by atoms with Crippen LogP contribution in [0.5, 0.6) is 5.75 Å². The molecule has 0 radical (unpaired) electrons. The van der Waals surface area contributed by atoms with Crippen LogP contribution >= 0.6 is 0 Å². The maximum atomic E-state index is 5.13. The molecule has 0 aromatic heterocycles. The number of ether oxygens (including phenoxy) is 1. The fraction of sp³-hybridized carbons (Fsp3) is 0.429. The highest BCUT2D eigenvalue weighted by Crippen LogP contribution is 2.14. The summed E-state index contributed by atoms with van der Waals surface area (Å²) in [6, 6.07) is 8.64. The quantitative estimate of drug-likeness (QED) is 0.743. The zero-order valence-corrected chi connectivity index (χ0v) is 10.4. The molecule has 1 N–H and O–H groups in total. The SMILES string of the molecule is C=C(C)C(CCc1ccc(OC)cc1)NC. The third-order valence-corrected chi connectivity index (χ3v) is 2.82. The maximum absolute atomic E-state index is 5.13. The summed E-state index contributed by atoms with van der Waals surface area (Å²) in [6.45, 7) is 6.05. The molecule has 0 saturated carbocycles. The van der Waals surface area contributed by atoms with Crippen molar-refractivity contribution in [2.75, 3.05) is 14.2 Å². The summed E-state index contributed by atoms with van der Waals surface area (Å²) in [6.07, 6.45) is 2.14. The van der Waals surface area contributed by atoms with E-state index in [0.717, 1.165) is 18.6 Å². The zero-order chi connectivity index (χ0) is 12.0. The number of hydrogen-bond acceptors (Lipinski definition) is 2. The summed E-state index contributed by atoms with van der Waals surface area (Å²) < 4.78 is 5.13. The van der Waals surface area contributed by atoms with Gasteiger partial charge in [-0.25, -0.2) is 0 Å². The molecule has 0 fully saturated rings. The van der Waals surface area contributed by atoms with E-state index in [1.165, 1.54) is 11.1 Å². The number of rotatable bonds is 6. The van der Waals surface area contributed by atoms with Crippen molar-refractivity contribution in [1.29, 1.82) is 0 Å². The number of benzene rings is 1. The van der Waals surface area contributed by atoms with Gasteiger partial charge < -0.3 is 10.1 Å². The van der Waals surface area contributed by atoms with E-state index < -0.39 is 0 Å². The Morgan fingerprint density at radius 1 is 1.38 bits per heavy atom. The molecule has 0 amide bonds. The summed E-state index contributed by atoms with van der Waals surface area (Å²) in [5.74, 6) is 0.911. The van der Waals surface area contributed by atoms with Crippen LogP contribution in [0.3, 0.4) is 0 Å². The molecule has 0 aliphatic rings. The normalized spacial score (nSPS) is 12.2. The standard InChI is InChI=1S/C14H21NO/c1-11(2)14(15-3)10-7-12-5-8-13(16-4)9-6-12/h5-6,8-9,14-15H,1,7,10H2,2-4H3. The van der Waals surface area contributed by atoms with Crippen LogP contribution in [0.25, 0.3) is 0 Å². The summed E-state index contributed by atoms with van der Waals surface area (Å²) in [5.41, 5.74) is 2.53. The van der Waals surface area contributed by atoms with Crippen molar-refractivity contribution in [3.05, 3.63) is 42.0 Å². The number of likely N-dealkylation sites (N-methyl/N-ethyl adjacent to an activating group) is 1. The van der Waals surface area contributed by atoms with Gasteiger partial charge in [0.1, 0.15) is 5.75 Å². The second-order valence-corrected chi connectivity index (χ2v) is 4.07. The molecule has 2 heteroatoms. The molecule has 0 bridgehead atoms. The van der Waals surface area contributed by atoms with Crippen LogP contribution < -0.4 is 10.1 Å². The molecule has 0 aliphatic heterocycles. The van der Waals surface area contributed by atoms with Gasteiger partial charge in [0.15, 0.2) is 0 Å². The van der Waals surface area contributed by atoms with Crippen molar-refractivity contribution in [3.63, 3.8) is 0 Å². The van der Waals surface area contributed by atoms with Gasteiger partial charge >= 0.3 is 0 Å². The third kappa shape index (κ3) is 3.70. The lowest BCUT2D eigenvalue weighted by Gasteiger charge is -2.15. The molecule has 1 atom stereocenters. The van der Waals surface area contributed by atoms with Crippen LogP contribution in [0, 0.1) is 0 Å². The Morgan fingerprint density at radius 3 is 2.44 bits per heavy atom. The molecular weight excluding hydrogens is 198 g/mol. The molecule has 88 valence electrons. The van der Waals surface area contributed by atoms with E-state index >= 15 is 0 Å². The van der Waals surface area contributed by atoms with Gasteiger partial charge in [-0.3, -0.25) is 0 Å². The van der Waals surface area contributed by atoms with E-state index in [1.54, 1.807) is 7.11 Å². The largest absolute Gasteiger partial charge is 0.497 e. The van der Waals surface area contributed by atoms with Gasteiger partial charge in [0, 0.05) is 6.04 Å². The average molecular weight is 219 g/mol. The Labute approximate surface area is 98.3 Å². The number of aryl methyl sites for hydroxylation is 1. The lowest BCUT2D eigenvalue weighted by atomic mass is 10.0. The summed E-state index contributed by atoms with van der Waals surface area (Å²) in [4.78, 5) is 0. The zero-order valence-electron chi connectivity index (χ0n) is 10.4. The number of methoxy groups -OCH3 is 1. The minimum absolute atomic E-state index is 0.405. The van der Waals surface area contributed by atoms with Gasteiger partial charge in [0.05, 0.1) is 7.11 Å². The Kier molecular flexibility index (Phi) is 5.06. The minimum atomic E-state index is 0.405. The number of hydrogen-bond donors (Lipinski definition) is 1. The molecule has 1 rings (SSSR count). The second-order valence-electron chi connectivity index (χ2n) is 4.07. The van der Waals surface area contributed by atoms with Crippen molar-refractivity contribution < 1.29 is 4.74 Å². The van der Waals surface area contributed by atoms with Crippen LogP contribution in [0.15, 0.2) is 36.4 Å². The van der Waals surface area contributed by atoms with Gasteiger partial charge in [0.25, 0.3) is 0 Å². The van der Waals surface area contributed by atoms with Crippen molar-refractivity contribution in [1.82, 2.24) is 5.32 Å². The lowest BCUT2D eigenvalue weighted by Crippen LogP contribution is -2.26. The van der Waals surface area contributed by atoms with Crippen molar-refractivity contribution >= 4 is 0 Å². The van der Waals surface area contributed by atoms with Crippen LogP contribution in [0.2, 0.25) is 0 Å². The molecule has 1 unspecified atom stereocenters. The van der Waals surface area contributed by atoms with Gasteiger partial charge in [0.2, 0.25) is 0 Å². The Balaban J connectivity index is 2.50. The second kappa shape index (κ2) is 6.33. The monoisotopic (exact) mass is 219 g/mol. The average Bonchev–Trinajstić information content (AvgIpc) is 2.30. The van der Waals surface area contributed by atoms with Gasteiger partial charge in [-0.1, -0.05) is 24.3 Å². The van der Waals surface area contributed by atoms with E-state index in [9.17, 15) is 0 Å². The molecule has 16 heavy (non-hydrogen) atoms. The van der Waals surface area contributed by atoms with Gasteiger partial charge in [-0.2, -0.15) is 0 Å². The molecule has 0 spiro atoms. The lowest BCUT2D eigenvalue weighted by molar-refractivity contribution is 0.414. The molecule has 0 heterocycles. The smallest absolute Gasteiger partial charge is 0.118 e. The number of nitrogens with one attached hydrogen (secondary N) is 1. The first-order valence-electron chi connectivity index (χ1n) is 5.63. The van der Waals surface area contributed by atoms with Gasteiger partial charge in [-0.05, 0) is 44.5 Å². The molecule has 0 saturated heterocycles. The topological polar surface area (TPSA) is 21.3 Å². The third-order valence-electron chi connectivity index (χ3n) is 2.82. The first-order chi connectivity index (χ1) is 7.67. The molecule has 1 aromatic carbocycles.